The van der Waals surface area contributed by atoms with Crippen LogP contribution in [0.2, 0.25) is 5.02 Å². The molecule has 0 unspecified atom stereocenters. The highest BCUT2D eigenvalue weighted by atomic mass is 35.5. The number of ether oxygens (including phenoxy) is 2. The van der Waals surface area contributed by atoms with E-state index < -0.39 is 0 Å². The number of methoxy groups -OCH3 is 1. The maximum Gasteiger partial charge on any atom is 0.125 e. The molecule has 22 heavy (non-hydrogen) atoms. The molecule has 126 valence electrons. The molecule has 1 aromatic rings. The van der Waals surface area contributed by atoms with Gasteiger partial charge in [-0.2, -0.15) is 0 Å². The third-order valence-electron chi connectivity index (χ3n) is 3.78. The molecule has 1 aromatic carbocycles. The van der Waals surface area contributed by atoms with Gasteiger partial charge in [-0.1, -0.05) is 17.7 Å². The summed E-state index contributed by atoms with van der Waals surface area (Å²) in [5, 5.41) is 7.63. The molecule has 1 heterocycles. The Hall–Kier alpha value is -0.520. The molecule has 0 spiro atoms. The second kappa shape index (κ2) is 11.1. The highest BCUT2D eigenvalue weighted by Crippen LogP contribution is 2.23. The third-order valence-corrected chi connectivity index (χ3v) is 4.02. The molecule has 1 aliphatic rings. The van der Waals surface area contributed by atoms with Crippen molar-refractivity contribution in [1.82, 2.24) is 10.6 Å². The maximum absolute atomic E-state index is 6.05. The molecule has 1 fully saturated rings. The van der Waals surface area contributed by atoms with Crippen LogP contribution in [-0.4, -0.2) is 40.0 Å². The Morgan fingerprint density at radius 1 is 1.27 bits per heavy atom. The van der Waals surface area contributed by atoms with Crippen molar-refractivity contribution in [3.63, 3.8) is 0 Å². The number of benzene rings is 1. The standard InChI is InChI=1S/C16H25ClN2O2.ClH/c1-20-8-9-21-16-10-15(17)3-2-14(16)12-19-11-13-4-6-18-7-5-13;/h2-3,10,13,18-19H,4-9,11-12H2,1H3;1H. The number of hydrogen-bond donors (Lipinski definition) is 2. The second-order valence-electron chi connectivity index (χ2n) is 5.42. The molecule has 2 rings (SSSR count). The van der Waals surface area contributed by atoms with E-state index in [4.69, 9.17) is 21.1 Å². The first-order chi connectivity index (χ1) is 10.3. The molecule has 0 aliphatic carbocycles. The van der Waals surface area contributed by atoms with Gasteiger partial charge in [0.2, 0.25) is 0 Å². The van der Waals surface area contributed by atoms with E-state index in [0.717, 1.165) is 43.4 Å². The lowest BCUT2D eigenvalue weighted by atomic mass is 9.98. The molecule has 0 bridgehead atoms. The largest absolute Gasteiger partial charge is 0.491 e. The van der Waals surface area contributed by atoms with Crippen molar-refractivity contribution in [3.8, 4) is 5.75 Å². The SMILES string of the molecule is COCCOc1cc(Cl)ccc1CNCC1CCNCC1.Cl. The van der Waals surface area contributed by atoms with E-state index in [1.54, 1.807) is 7.11 Å². The second-order valence-corrected chi connectivity index (χ2v) is 5.85. The van der Waals surface area contributed by atoms with Crippen LogP contribution in [0.25, 0.3) is 0 Å². The Labute approximate surface area is 144 Å². The summed E-state index contributed by atoms with van der Waals surface area (Å²) in [4.78, 5) is 0. The Bertz CT molecular complexity index is 427. The van der Waals surface area contributed by atoms with Gasteiger partial charge in [0.05, 0.1) is 6.61 Å². The summed E-state index contributed by atoms with van der Waals surface area (Å²) in [7, 11) is 1.67. The van der Waals surface area contributed by atoms with Gasteiger partial charge in [-0.15, -0.1) is 12.4 Å². The van der Waals surface area contributed by atoms with Crippen molar-refractivity contribution >= 4 is 24.0 Å². The van der Waals surface area contributed by atoms with Gasteiger partial charge in [-0.3, -0.25) is 0 Å². The Kier molecular flexibility index (Phi) is 9.84. The quantitative estimate of drug-likeness (QED) is 0.709. The van der Waals surface area contributed by atoms with Gasteiger partial charge in [0.25, 0.3) is 0 Å². The van der Waals surface area contributed by atoms with Crippen LogP contribution in [0, 0.1) is 5.92 Å². The number of piperidine rings is 1. The van der Waals surface area contributed by atoms with Crippen LogP contribution in [0.1, 0.15) is 18.4 Å². The first kappa shape index (κ1) is 19.5. The molecule has 6 heteroatoms. The molecule has 1 aliphatic heterocycles. The van der Waals surface area contributed by atoms with Gasteiger partial charge in [-0.25, -0.2) is 0 Å². The molecular weight excluding hydrogens is 323 g/mol. The van der Waals surface area contributed by atoms with Crippen molar-refractivity contribution in [2.24, 2.45) is 5.92 Å². The minimum absolute atomic E-state index is 0. The summed E-state index contributed by atoms with van der Waals surface area (Å²) in [5.74, 6) is 1.62. The monoisotopic (exact) mass is 348 g/mol. The molecule has 0 aromatic heterocycles. The number of rotatable bonds is 8. The highest BCUT2D eigenvalue weighted by molar-refractivity contribution is 6.30. The summed E-state index contributed by atoms with van der Waals surface area (Å²) < 4.78 is 10.8. The van der Waals surface area contributed by atoms with Crippen LogP contribution in [0.15, 0.2) is 18.2 Å². The van der Waals surface area contributed by atoms with Gasteiger partial charge in [-0.05, 0) is 50.5 Å². The van der Waals surface area contributed by atoms with Gasteiger partial charge in [0, 0.05) is 24.2 Å². The predicted octanol–water partition coefficient (Wildman–Crippen LogP) is 2.88. The fourth-order valence-corrected chi connectivity index (χ4v) is 2.70. The van der Waals surface area contributed by atoms with Crippen molar-refractivity contribution < 1.29 is 9.47 Å². The van der Waals surface area contributed by atoms with Crippen LogP contribution in [0.3, 0.4) is 0 Å². The van der Waals surface area contributed by atoms with Gasteiger partial charge in [0.1, 0.15) is 12.4 Å². The molecule has 0 atom stereocenters. The average molecular weight is 349 g/mol. The van der Waals surface area contributed by atoms with Gasteiger partial charge >= 0.3 is 0 Å². The number of halogens is 2. The normalized spacial score (nSPS) is 15.4. The van der Waals surface area contributed by atoms with Gasteiger partial charge < -0.3 is 20.1 Å². The summed E-state index contributed by atoms with van der Waals surface area (Å²) in [6.07, 6.45) is 2.51. The summed E-state index contributed by atoms with van der Waals surface area (Å²) in [5.41, 5.74) is 1.14. The lowest BCUT2D eigenvalue weighted by molar-refractivity contribution is 0.145. The summed E-state index contributed by atoms with van der Waals surface area (Å²) >= 11 is 6.05. The zero-order valence-corrected chi connectivity index (χ0v) is 14.6. The lowest BCUT2D eigenvalue weighted by Gasteiger charge is -2.23. The van der Waals surface area contributed by atoms with Crippen molar-refractivity contribution in [1.29, 1.82) is 0 Å². The molecule has 0 amide bonds. The molecular formula is C16H26Cl2N2O2. The van der Waals surface area contributed by atoms with E-state index in [-0.39, 0.29) is 12.4 Å². The minimum Gasteiger partial charge on any atom is -0.491 e. The van der Waals surface area contributed by atoms with Gasteiger partial charge in [0.15, 0.2) is 0 Å². The Balaban J connectivity index is 0.00000242. The minimum atomic E-state index is 0. The fraction of sp³-hybridized carbons (Fsp3) is 0.625. The Morgan fingerprint density at radius 2 is 2.05 bits per heavy atom. The zero-order chi connectivity index (χ0) is 14.9. The summed E-state index contributed by atoms with van der Waals surface area (Å²) in [6.45, 7) is 5.26. The van der Waals surface area contributed by atoms with E-state index in [0.29, 0.717) is 18.2 Å². The maximum atomic E-state index is 6.05. The zero-order valence-electron chi connectivity index (χ0n) is 13.1. The molecule has 2 N–H and O–H groups in total. The smallest absolute Gasteiger partial charge is 0.125 e. The van der Waals surface area contributed by atoms with Crippen molar-refractivity contribution in [2.75, 3.05) is 40.0 Å². The van der Waals surface area contributed by atoms with Crippen LogP contribution in [0.4, 0.5) is 0 Å². The van der Waals surface area contributed by atoms with E-state index in [1.807, 2.05) is 18.2 Å². The van der Waals surface area contributed by atoms with Crippen molar-refractivity contribution in [3.05, 3.63) is 28.8 Å². The van der Waals surface area contributed by atoms with E-state index in [9.17, 15) is 0 Å². The first-order valence-corrected chi connectivity index (χ1v) is 7.99. The number of nitrogens with one attached hydrogen (secondary N) is 2. The average Bonchev–Trinajstić information content (AvgIpc) is 2.51. The number of hydrogen-bond acceptors (Lipinski definition) is 4. The van der Waals surface area contributed by atoms with Crippen molar-refractivity contribution in [2.45, 2.75) is 19.4 Å². The lowest BCUT2D eigenvalue weighted by Crippen LogP contribution is -2.33. The van der Waals surface area contributed by atoms with E-state index >= 15 is 0 Å². The fourth-order valence-electron chi connectivity index (χ4n) is 2.54. The van der Waals surface area contributed by atoms with Crippen LogP contribution in [-0.2, 0) is 11.3 Å². The Morgan fingerprint density at radius 3 is 2.77 bits per heavy atom. The highest BCUT2D eigenvalue weighted by Gasteiger charge is 2.12. The third kappa shape index (κ3) is 6.71. The predicted molar refractivity (Wildman–Crippen MR) is 93.4 cm³/mol. The van der Waals surface area contributed by atoms with Crippen LogP contribution in [0.5, 0.6) is 5.75 Å². The van der Waals surface area contributed by atoms with Crippen LogP contribution < -0.4 is 15.4 Å². The molecule has 4 nitrogen and oxygen atoms in total. The van der Waals surface area contributed by atoms with E-state index in [2.05, 4.69) is 10.6 Å². The molecule has 0 saturated carbocycles. The topological polar surface area (TPSA) is 42.5 Å². The first-order valence-electron chi connectivity index (χ1n) is 7.61. The van der Waals surface area contributed by atoms with Crippen LogP contribution >= 0.6 is 24.0 Å². The molecule has 1 saturated heterocycles. The summed E-state index contributed by atoms with van der Waals surface area (Å²) in [6, 6.07) is 5.81. The van der Waals surface area contributed by atoms with E-state index in [1.165, 1.54) is 12.8 Å². The molecule has 0 radical (unpaired) electrons.